The number of nitrogens with one attached hydrogen (secondary N) is 1. The lowest BCUT2D eigenvalue weighted by Gasteiger charge is -2.28. The van der Waals surface area contributed by atoms with Gasteiger partial charge in [-0.1, -0.05) is 12.1 Å². The molecule has 5 rings (SSSR count). The molecule has 152 valence electrons. The summed E-state index contributed by atoms with van der Waals surface area (Å²) in [4.78, 5) is 7.01. The standard InChI is InChI=1S/C23H29N5O/c1-17(19-7-5-11-24-15-19)29-23-10-9-22-25-16-21(28(22)26-23)18-6-4-8-20(14-18)27-12-2-3-13-27/h4,6,8-10,14,16-17,19,24H,2-3,5,7,11-13,15H2,1H3. The number of imidazole rings is 1. The summed E-state index contributed by atoms with van der Waals surface area (Å²) in [5.74, 6) is 1.19. The second-order valence-corrected chi connectivity index (χ2v) is 8.26. The third-order valence-electron chi connectivity index (χ3n) is 6.26. The molecule has 6 heteroatoms. The molecule has 0 amide bonds. The summed E-state index contributed by atoms with van der Waals surface area (Å²) in [7, 11) is 0. The largest absolute Gasteiger partial charge is 0.473 e. The highest BCUT2D eigenvalue weighted by Gasteiger charge is 2.22. The van der Waals surface area contributed by atoms with E-state index in [1.807, 2.05) is 22.8 Å². The van der Waals surface area contributed by atoms with Crippen LogP contribution in [0.25, 0.3) is 16.9 Å². The van der Waals surface area contributed by atoms with E-state index in [1.54, 1.807) is 0 Å². The first kappa shape index (κ1) is 18.4. The van der Waals surface area contributed by atoms with Crippen molar-refractivity contribution in [2.45, 2.75) is 38.7 Å². The zero-order valence-electron chi connectivity index (χ0n) is 17.1. The van der Waals surface area contributed by atoms with E-state index in [-0.39, 0.29) is 6.10 Å². The number of fused-ring (bicyclic) bond motifs is 1. The molecule has 2 saturated heterocycles. The number of aromatic nitrogens is 3. The van der Waals surface area contributed by atoms with Crippen molar-refractivity contribution < 1.29 is 4.74 Å². The van der Waals surface area contributed by atoms with E-state index in [4.69, 9.17) is 9.84 Å². The molecule has 3 aromatic rings. The van der Waals surface area contributed by atoms with Gasteiger partial charge in [-0.2, -0.15) is 0 Å². The monoisotopic (exact) mass is 391 g/mol. The molecule has 0 spiro atoms. The lowest BCUT2D eigenvalue weighted by Crippen LogP contribution is -2.38. The smallest absolute Gasteiger partial charge is 0.232 e. The third kappa shape index (κ3) is 3.81. The van der Waals surface area contributed by atoms with Crippen LogP contribution in [0.3, 0.4) is 0 Å². The average molecular weight is 392 g/mol. The first-order valence-corrected chi connectivity index (χ1v) is 10.9. The molecule has 6 nitrogen and oxygen atoms in total. The van der Waals surface area contributed by atoms with Gasteiger partial charge in [0.15, 0.2) is 5.65 Å². The van der Waals surface area contributed by atoms with E-state index in [9.17, 15) is 0 Å². The molecule has 29 heavy (non-hydrogen) atoms. The highest BCUT2D eigenvalue weighted by Crippen LogP contribution is 2.28. The Hall–Kier alpha value is -2.60. The van der Waals surface area contributed by atoms with Gasteiger partial charge in [0, 0.05) is 42.9 Å². The van der Waals surface area contributed by atoms with Crippen LogP contribution < -0.4 is 15.0 Å². The minimum atomic E-state index is 0.137. The SMILES string of the molecule is CC(Oc1ccc2ncc(-c3cccc(N4CCCC4)c3)n2n1)C1CCCNC1. The highest BCUT2D eigenvalue weighted by molar-refractivity contribution is 5.68. The van der Waals surface area contributed by atoms with E-state index in [2.05, 4.69) is 46.4 Å². The molecular weight excluding hydrogens is 362 g/mol. The fraction of sp³-hybridized carbons (Fsp3) is 0.478. The minimum Gasteiger partial charge on any atom is -0.473 e. The van der Waals surface area contributed by atoms with Crippen LogP contribution in [-0.2, 0) is 0 Å². The van der Waals surface area contributed by atoms with Crippen molar-refractivity contribution in [1.29, 1.82) is 0 Å². The Bertz CT molecular complexity index is 972. The summed E-state index contributed by atoms with van der Waals surface area (Å²) in [6.45, 7) is 6.56. The topological polar surface area (TPSA) is 54.7 Å². The average Bonchev–Trinajstić information content (AvgIpc) is 3.44. The quantitative estimate of drug-likeness (QED) is 0.718. The predicted octanol–water partition coefficient (Wildman–Crippen LogP) is 3.76. The number of ether oxygens (including phenoxy) is 1. The first-order valence-electron chi connectivity index (χ1n) is 10.9. The van der Waals surface area contributed by atoms with Crippen LogP contribution in [0.15, 0.2) is 42.6 Å². The van der Waals surface area contributed by atoms with Crippen molar-refractivity contribution in [1.82, 2.24) is 19.9 Å². The number of hydrogen-bond acceptors (Lipinski definition) is 5. The summed E-state index contributed by atoms with van der Waals surface area (Å²) < 4.78 is 8.13. The van der Waals surface area contributed by atoms with Crippen LogP contribution in [0.2, 0.25) is 0 Å². The maximum absolute atomic E-state index is 6.22. The Kier molecular flexibility index (Phi) is 5.10. The molecular formula is C23H29N5O. The molecule has 1 N–H and O–H groups in total. The predicted molar refractivity (Wildman–Crippen MR) is 116 cm³/mol. The zero-order chi connectivity index (χ0) is 19.6. The Morgan fingerprint density at radius 1 is 1.14 bits per heavy atom. The molecule has 2 atom stereocenters. The van der Waals surface area contributed by atoms with Gasteiger partial charge >= 0.3 is 0 Å². The summed E-state index contributed by atoms with van der Waals surface area (Å²) in [6.07, 6.45) is 7.01. The van der Waals surface area contributed by atoms with E-state index < -0.39 is 0 Å². The fourth-order valence-electron chi connectivity index (χ4n) is 4.52. The first-order chi connectivity index (χ1) is 14.3. The van der Waals surface area contributed by atoms with E-state index in [1.165, 1.54) is 31.4 Å². The van der Waals surface area contributed by atoms with Gasteiger partial charge in [0.1, 0.15) is 6.10 Å². The number of nitrogens with zero attached hydrogens (tertiary/aromatic N) is 4. The van der Waals surface area contributed by atoms with E-state index in [0.717, 1.165) is 43.1 Å². The number of anilines is 1. The van der Waals surface area contributed by atoms with Crippen molar-refractivity contribution in [3.05, 3.63) is 42.6 Å². The molecule has 0 radical (unpaired) electrons. The summed E-state index contributed by atoms with van der Waals surface area (Å²) >= 11 is 0. The maximum Gasteiger partial charge on any atom is 0.232 e. The van der Waals surface area contributed by atoms with Crippen LogP contribution in [-0.4, -0.2) is 46.9 Å². The van der Waals surface area contributed by atoms with Gasteiger partial charge in [-0.05, 0) is 57.4 Å². The van der Waals surface area contributed by atoms with Crippen LogP contribution in [0.1, 0.15) is 32.6 Å². The minimum absolute atomic E-state index is 0.137. The number of rotatable bonds is 5. The number of hydrogen-bond donors (Lipinski definition) is 1. The number of piperidine rings is 1. The van der Waals surface area contributed by atoms with Crippen LogP contribution in [0.5, 0.6) is 5.88 Å². The van der Waals surface area contributed by atoms with Crippen molar-refractivity contribution in [2.75, 3.05) is 31.1 Å². The summed E-state index contributed by atoms with van der Waals surface area (Å²) in [6, 6.07) is 12.6. The lowest BCUT2D eigenvalue weighted by molar-refractivity contribution is 0.124. The van der Waals surface area contributed by atoms with Crippen molar-refractivity contribution >= 4 is 11.3 Å². The molecule has 2 unspecified atom stereocenters. The molecule has 2 fully saturated rings. The molecule has 2 aliphatic rings. The summed E-state index contributed by atoms with van der Waals surface area (Å²) in [5, 5.41) is 8.24. The number of benzene rings is 1. The molecule has 0 bridgehead atoms. The third-order valence-corrected chi connectivity index (χ3v) is 6.26. The molecule has 1 aromatic carbocycles. The van der Waals surface area contributed by atoms with Gasteiger partial charge in [0.05, 0.1) is 11.9 Å². The van der Waals surface area contributed by atoms with Crippen LogP contribution >= 0.6 is 0 Å². The molecule has 0 aliphatic carbocycles. The van der Waals surface area contributed by atoms with E-state index >= 15 is 0 Å². The van der Waals surface area contributed by atoms with E-state index in [0.29, 0.717) is 11.8 Å². The summed E-state index contributed by atoms with van der Waals surface area (Å²) in [5.41, 5.74) is 4.25. The molecule has 2 aromatic heterocycles. The van der Waals surface area contributed by atoms with Gasteiger partial charge in [-0.15, -0.1) is 5.10 Å². The second kappa shape index (κ2) is 8.03. The van der Waals surface area contributed by atoms with Crippen molar-refractivity contribution in [3.63, 3.8) is 0 Å². The van der Waals surface area contributed by atoms with Gasteiger partial charge in [-0.3, -0.25) is 0 Å². The van der Waals surface area contributed by atoms with Gasteiger partial charge < -0.3 is 15.0 Å². The van der Waals surface area contributed by atoms with Crippen LogP contribution in [0.4, 0.5) is 5.69 Å². The van der Waals surface area contributed by atoms with Gasteiger partial charge in [0.25, 0.3) is 0 Å². The lowest BCUT2D eigenvalue weighted by atomic mass is 9.95. The second-order valence-electron chi connectivity index (χ2n) is 8.26. The van der Waals surface area contributed by atoms with Gasteiger partial charge in [-0.25, -0.2) is 9.50 Å². The fourth-order valence-corrected chi connectivity index (χ4v) is 4.52. The molecule has 4 heterocycles. The highest BCUT2D eigenvalue weighted by atomic mass is 16.5. The van der Waals surface area contributed by atoms with Crippen LogP contribution in [0, 0.1) is 5.92 Å². The Morgan fingerprint density at radius 3 is 2.86 bits per heavy atom. The Labute approximate surface area is 171 Å². The Morgan fingerprint density at radius 2 is 2.03 bits per heavy atom. The van der Waals surface area contributed by atoms with Crippen molar-refractivity contribution in [2.24, 2.45) is 5.92 Å². The normalized spacial score (nSPS) is 20.9. The Balaban J connectivity index is 1.41. The van der Waals surface area contributed by atoms with Gasteiger partial charge in [0.2, 0.25) is 5.88 Å². The zero-order valence-corrected chi connectivity index (χ0v) is 17.1. The maximum atomic E-state index is 6.22. The molecule has 0 saturated carbocycles. The van der Waals surface area contributed by atoms with Crippen molar-refractivity contribution in [3.8, 4) is 17.1 Å². The molecule has 2 aliphatic heterocycles.